The van der Waals surface area contributed by atoms with E-state index in [4.69, 9.17) is 41.2 Å². The number of benzene rings is 1. The summed E-state index contributed by atoms with van der Waals surface area (Å²) in [5.74, 6) is 0. The molecule has 2 fully saturated rings. The van der Waals surface area contributed by atoms with Gasteiger partial charge in [0.05, 0.1) is 0 Å². The van der Waals surface area contributed by atoms with Crippen LogP contribution in [0.2, 0.25) is 65.5 Å². The van der Waals surface area contributed by atoms with Gasteiger partial charge in [-0.05, 0) is 70.7 Å². The first-order valence-electron chi connectivity index (χ1n) is 12.0. The van der Waals surface area contributed by atoms with E-state index < -0.39 is 92.1 Å². The molecule has 10 nitrogen and oxygen atoms in total. The average Bonchev–Trinajstić information content (AvgIpc) is 2.67. The fraction of sp³-hybridized carbons (Fsp3) is 0.625. The van der Waals surface area contributed by atoms with Crippen LogP contribution in [0.25, 0.3) is 0 Å². The van der Waals surface area contributed by atoms with Crippen molar-refractivity contribution in [1.29, 1.82) is 0 Å². The maximum atomic E-state index is 6.30. The second-order valence-corrected chi connectivity index (χ2v) is 38.6. The first-order valence-corrected chi connectivity index (χ1v) is 32.2. The summed E-state index contributed by atoms with van der Waals surface area (Å²) < 4.78 is 59.2. The Hall–Kier alpha value is 0.989. The van der Waals surface area contributed by atoms with Gasteiger partial charge in [-0.2, -0.15) is 0 Å². The zero-order valence-corrected chi connectivity index (χ0v) is 35.2. The molecule has 1 aromatic carbocycles. The Labute approximate surface area is 233 Å². The molecule has 0 N–H and O–H groups in total. The van der Waals surface area contributed by atoms with Crippen molar-refractivity contribution in [1.82, 2.24) is 0 Å². The van der Waals surface area contributed by atoms with Gasteiger partial charge in [-0.15, -0.1) is 0 Å². The second-order valence-electron chi connectivity index (χ2n) is 10.7. The quantitative estimate of drug-likeness (QED) is 0.373. The summed E-state index contributed by atoms with van der Waals surface area (Å²) in [5, 5.41) is 1.17. The van der Waals surface area contributed by atoms with Crippen molar-refractivity contribution in [2.24, 2.45) is 0 Å². The third kappa shape index (κ3) is 13.4. The first kappa shape index (κ1) is 33.2. The summed E-state index contributed by atoms with van der Waals surface area (Å²) in [4.78, 5) is 0. The fourth-order valence-electron chi connectivity index (χ4n) is 4.35. The van der Waals surface area contributed by atoms with Crippen LogP contribution in [0, 0.1) is 0 Å². The van der Waals surface area contributed by atoms with E-state index in [1.807, 2.05) is 18.2 Å². The van der Waals surface area contributed by atoms with Crippen molar-refractivity contribution in [3.8, 4) is 0 Å². The van der Waals surface area contributed by atoms with E-state index in [1.54, 1.807) is 0 Å². The summed E-state index contributed by atoms with van der Waals surface area (Å²) in [6, 6.07) is 10.1. The summed E-state index contributed by atoms with van der Waals surface area (Å²) in [7, 11) is -16.5. The molecular formula is C16H44O10Si10. The fourth-order valence-corrected chi connectivity index (χ4v) is 41.4. The van der Waals surface area contributed by atoms with Gasteiger partial charge in [-0.3, -0.25) is 0 Å². The smallest absolute Gasteiger partial charge is 0.337 e. The SMILES string of the molecule is C[Si]1(C)O[Si](C)(C)O[Si](C)(C)O[Si](C)(C)O[Si](C)(C)O1.c1ccc([SiH]2O[SiH2]O[SiH2]O[SiH2]O[SiH2]O2)cc1. The molecule has 2 heterocycles. The van der Waals surface area contributed by atoms with E-state index in [0.29, 0.717) is 0 Å². The van der Waals surface area contributed by atoms with Crippen molar-refractivity contribution in [3.63, 3.8) is 0 Å². The Balaban J connectivity index is 0.000000259. The molecular weight excluding hydrogens is 633 g/mol. The van der Waals surface area contributed by atoms with E-state index in [9.17, 15) is 0 Å². The molecule has 2 aliphatic heterocycles. The summed E-state index contributed by atoms with van der Waals surface area (Å²) >= 11 is 0. The molecule has 2 saturated heterocycles. The summed E-state index contributed by atoms with van der Waals surface area (Å²) in [5.41, 5.74) is 0. The zero-order chi connectivity index (χ0) is 27.1. The van der Waals surface area contributed by atoms with Gasteiger partial charge in [0, 0.05) is 0 Å². The van der Waals surface area contributed by atoms with Crippen LogP contribution in [0.3, 0.4) is 0 Å². The van der Waals surface area contributed by atoms with Gasteiger partial charge in [-0.25, -0.2) is 0 Å². The highest BCUT2D eigenvalue weighted by Gasteiger charge is 2.50. The lowest BCUT2D eigenvalue weighted by Gasteiger charge is -2.46. The molecule has 1 aromatic rings. The summed E-state index contributed by atoms with van der Waals surface area (Å²) in [6.07, 6.45) is 0. The van der Waals surface area contributed by atoms with Gasteiger partial charge in [0.15, 0.2) is 0 Å². The minimum atomic E-state index is -2.26. The Morgan fingerprint density at radius 2 is 0.778 bits per heavy atom. The van der Waals surface area contributed by atoms with E-state index in [-0.39, 0.29) is 0 Å². The van der Waals surface area contributed by atoms with Crippen LogP contribution >= 0.6 is 0 Å². The predicted octanol–water partition coefficient (Wildman–Crippen LogP) is -0.202. The maximum absolute atomic E-state index is 6.30. The number of hydrogen-bond acceptors (Lipinski definition) is 10. The average molecular weight is 677 g/mol. The van der Waals surface area contributed by atoms with Crippen LogP contribution in [0.1, 0.15) is 0 Å². The van der Waals surface area contributed by atoms with Gasteiger partial charge < -0.3 is 41.2 Å². The van der Waals surface area contributed by atoms with Crippen LogP contribution in [0.4, 0.5) is 0 Å². The Bertz CT molecular complexity index is 690. The molecule has 0 spiro atoms. The normalized spacial score (nSPS) is 30.8. The summed E-state index contributed by atoms with van der Waals surface area (Å²) in [6.45, 7) is 20.8. The molecule has 0 atom stereocenters. The van der Waals surface area contributed by atoms with Crippen LogP contribution in [0.15, 0.2) is 30.3 Å². The third-order valence-corrected chi connectivity index (χ3v) is 32.6. The second kappa shape index (κ2) is 14.1. The number of rotatable bonds is 1. The number of hydrogen-bond donors (Lipinski definition) is 0. The van der Waals surface area contributed by atoms with Gasteiger partial charge in [0.1, 0.15) is 0 Å². The van der Waals surface area contributed by atoms with Crippen molar-refractivity contribution < 1.29 is 41.2 Å². The minimum absolute atomic E-state index is 0.826. The van der Waals surface area contributed by atoms with Crippen LogP contribution in [-0.4, -0.2) is 92.1 Å². The van der Waals surface area contributed by atoms with E-state index in [2.05, 4.69) is 77.6 Å². The van der Waals surface area contributed by atoms with Crippen molar-refractivity contribution in [3.05, 3.63) is 30.3 Å². The molecule has 0 saturated carbocycles. The molecule has 0 radical (unpaired) electrons. The van der Waals surface area contributed by atoms with E-state index >= 15 is 0 Å². The Morgan fingerprint density at radius 3 is 1.11 bits per heavy atom. The predicted molar refractivity (Wildman–Crippen MR) is 166 cm³/mol. The van der Waals surface area contributed by atoms with Crippen LogP contribution < -0.4 is 5.19 Å². The largest absolute Gasteiger partial charge is 0.425 e. The molecule has 0 amide bonds. The van der Waals surface area contributed by atoms with Gasteiger partial charge in [0.25, 0.3) is 40.0 Å². The molecule has 0 aromatic heterocycles. The van der Waals surface area contributed by atoms with Crippen LogP contribution in [0.5, 0.6) is 0 Å². The molecule has 0 unspecified atom stereocenters. The van der Waals surface area contributed by atoms with E-state index in [1.165, 1.54) is 5.19 Å². The highest BCUT2D eigenvalue weighted by atomic mass is 28.5. The van der Waals surface area contributed by atoms with Crippen LogP contribution in [-0.2, 0) is 41.2 Å². The third-order valence-electron chi connectivity index (χ3n) is 4.47. The van der Waals surface area contributed by atoms with Gasteiger partial charge in [0.2, 0.25) is 0 Å². The zero-order valence-electron chi connectivity index (χ0n) is 23.4. The van der Waals surface area contributed by atoms with Crippen molar-refractivity contribution in [2.75, 3.05) is 0 Å². The van der Waals surface area contributed by atoms with Gasteiger partial charge in [-0.1, -0.05) is 30.3 Å². The molecule has 3 rings (SSSR count). The molecule has 36 heavy (non-hydrogen) atoms. The lowest BCUT2D eigenvalue weighted by Crippen LogP contribution is -2.64. The first-order chi connectivity index (χ1) is 16.5. The van der Waals surface area contributed by atoms with E-state index in [0.717, 1.165) is 0 Å². The molecule has 2 aliphatic rings. The standard InChI is InChI=1S/C10H30O5Si5.C6H14O5Si5/c1-16(2)11-17(3,4)13-19(7,8)15-20(9,10)14-18(5,6)12-16;1-2-4-6(5-3-1)16-10-14-8-12-7-13-9-15-11-16/h1-10H3;1-5,16H,12-15H2. The molecule has 208 valence electrons. The minimum Gasteiger partial charge on any atom is -0.425 e. The lowest BCUT2D eigenvalue weighted by molar-refractivity contribution is 0.239. The maximum Gasteiger partial charge on any atom is 0.337 e. The molecule has 20 heteroatoms. The lowest BCUT2D eigenvalue weighted by atomic mass is 10.4. The highest BCUT2D eigenvalue weighted by molar-refractivity contribution is 6.93. The molecule has 0 aliphatic carbocycles. The Morgan fingerprint density at radius 1 is 0.472 bits per heavy atom. The topological polar surface area (TPSA) is 92.3 Å². The van der Waals surface area contributed by atoms with Crippen molar-refractivity contribution >= 4 is 97.3 Å². The van der Waals surface area contributed by atoms with Gasteiger partial charge >= 0.3 is 52.1 Å². The Kier molecular flexibility index (Phi) is 13.0. The molecule has 0 bridgehead atoms. The van der Waals surface area contributed by atoms with Crippen molar-refractivity contribution in [2.45, 2.75) is 65.5 Å². The monoisotopic (exact) mass is 676 g/mol. The highest BCUT2D eigenvalue weighted by Crippen LogP contribution is 2.30.